The lowest BCUT2D eigenvalue weighted by molar-refractivity contribution is -0.146. The van der Waals surface area contributed by atoms with Crippen LogP contribution in [0.4, 0.5) is 5.69 Å². The molecule has 0 radical (unpaired) electrons. The van der Waals surface area contributed by atoms with E-state index < -0.39 is 11.4 Å². The number of hydrogen-bond acceptors (Lipinski definition) is 3. The monoisotopic (exact) mass is 232 g/mol. The van der Waals surface area contributed by atoms with Crippen molar-refractivity contribution >= 4 is 11.7 Å². The summed E-state index contributed by atoms with van der Waals surface area (Å²) in [5.41, 5.74) is 0.695. The van der Waals surface area contributed by atoms with E-state index in [4.69, 9.17) is 10.4 Å². The number of nitrogens with zero attached hydrogens (tertiary/aromatic N) is 2. The second-order valence-corrected chi connectivity index (χ2v) is 4.70. The summed E-state index contributed by atoms with van der Waals surface area (Å²) < 4.78 is 0. The van der Waals surface area contributed by atoms with Crippen molar-refractivity contribution in [2.75, 3.05) is 18.5 Å². The Balaban J connectivity index is 2.80. The molecule has 1 aromatic rings. The number of hydrogen-bond donors (Lipinski definition) is 1. The van der Waals surface area contributed by atoms with Crippen LogP contribution < -0.4 is 4.90 Å². The lowest BCUT2D eigenvalue weighted by Gasteiger charge is -2.28. The molecule has 0 bridgehead atoms. The summed E-state index contributed by atoms with van der Waals surface area (Å²) in [6.07, 6.45) is 0. The Morgan fingerprint density at radius 3 is 2.35 bits per heavy atom. The van der Waals surface area contributed by atoms with Crippen molar-refractivity contribution in [2.24, 2.45) is 5.41 Å². The summed E-state index contributed by atoms with van der Waals surface area (Å²) in [6.45, 7) is 3.79. The SMILES string of the molecule is CN(CC(C)(C)C(=O)O)c1ccc(C#N)cc1. The minimum Gasteiger partial charge on any atom is -0.481 e. The summed E-state index contributed by atoms with van der Waals surface area (Å²) in [4.78, 5) is 12.9. The van der Waals surface area contributed by atoms with E-state index in [2.05, 4.69) is 0 Å². The molecule has 1 N–H and O–H groups in total. The molecule has 0 unspecified atom stereocenters. The normalized spacial score (nSPS) is 10.7. The van der Waals surface area contributed by atoms with Gasteiger partial charge in [0, 0.05) is 19.3 Å². The Morgan fingerprint density at radius 1 is 1.41 bits per heavy atom. The lowest BCUT2D eigenvalue weighted by atomic mass is 9.93. The zero-order valence-electron chi connectivity index (χ0n) is 10.3. The molecule has 4 nitrogen and oxygen atoms in total. The molecule has 0 saturated carbocycles. The maximum Gasteiger partial charge on any atom is 0.310 e. The molecule has 1 aromatic carbocycles. The molecule has 0 fully saturated rings. The van der Waals surface area contributed by atoms with Crippen molar-refractivity contribution in [3.05, 3.63) is 29.8 Å². The number of rotatable bonds is 4. The molecule has 90 valence electrons. The van der Waals surface area contributed by atoms with Crippen LogP contribution >= 0.6 is 0 Å². The van der Waals surface area contributed by atoms with Gasteiger partial charge >= 0.3 is 5.97 Å². The molecule has 0 spiro atoms. The summed E-state index contributed by atoms with van der Waals surface area (Å²) >= 11 is 0. The van der Waals surface area contributed by atoms with E-state index >= 15 is 0 Å². The standard InChI is InChI=1S/C13H16N2O2/c1-13(2,12(16)17)9-15(3)11-6-4-10(8-14)5-7-11/h4-7H,9H2,1-3H3,(H,16,17). The van der Waals surface area contributed by atoms with Crippen LogP contribution in [0, 0.1) is 16.7 Å². The predicted molar refractivity (Wildman–Crippen MR) is 65.8 cm³/mol. The number of anilines is 1. The highest BCUT2D eigenvalue weighted by Gasteiger charge is 2.28. The smallest absolute Gasteiger partial charge is 0.310 e. The van der Waals surface area contributed by atoms with Gasteiger partial charge in [0.05, 0.1) is 17.0 Å². The van der Waals surface area contributed by atoms with Crippen molar-refractivity contribution < 1.29 is 9.90 Å². The highest BCUT2D eigenvalue weighted by atomic mass is 16.4. The number of benzene rings is 1. The van der Waals surface area contributed by atoms with E-state index in [1.807, 2.05) is 30.1 Å². The summed E-state index contributed by atoms with van der Waals surface area (Å²) in [7, 11) is 1.84. The Bertz CT molecular complexity index is 443. The fourth-order valence-electron chi connectivity index (χ4n) is 1.54. The van der Waals surface area contributed by atoms with E-state index in [0.29, 0.717) is 12.1 Å². The zero-order valence-corrected chi connectivity index (χ0v) is 10.3. The number of carboxylic acid groups (broad SMARTS) is 1. The van der Waals surface area contributed by atoms with Gasteiger partial charge in [-0.1, -0.05) is 0 Å². The topological polar surface area (TPSA) is 64.3 Å². The molecule has 0 amide bonds. The van der Waals surface area contributed by atoms with Gasteiger partial charge in [-0.25, -0.2) is 0 Å². The van der Waals surface area contributed by atoms with Crippen LogP contribution in [0.5, 0.6) is 0 Å². The highest BCUT2D eigenvalue weighted by Crippen LogP contribution is 2.21. The van der Waals surface area contributed by atoms with Gasteiger partial charge in [0.1, 0.15) is 0 Å². The van der Waals surface area contributed by atoms with Gasteiger partial charge in [0.25, 0.3) is 0 Å². The van der Waals surface area contributed by atoms with Gasteiger partial charge in [0.2, 0.25) is 0 Å². The first-order chi connectivity index (χ1) is 7.86. The van der Waals surface area contributed by atoms with Crippen LogP contribution in [0.25, 0.3) is 0 Å². The van der Waals surface area contributed by atoms with E-state index in [1.54, 1.807) is 26.0 Å². The van der Waals surface area contributed by atoms with Crippen molar-refractivity contribution in [1.29, 1.82) is 5.26 Å². The number of carboxylic acids is 1. The van der Waals surface area contributed by atoms with Gasteiger partial charge in [-0.3, -0.25) is 4.79 Å². The zero-order chi connectivity index (χ0) is 13.1. The van der Waals surface area contributed by atoms with Crippen LogP contribution in [0.2, 0.25) is 0 Å². The highest BCUT2D eigenvalue weighted by molar-refractivity contribution is 5.74. The molecule has 0 atom stereocenters. The van der Waals surface area contributed by atoms with Crippen LogP contribution in [-0.2, 0) is 4.79 Å². The number of aliphatic carboxylic acids is 1. The van der Waals surface area contributed by atoms with Crippen molar-refractivity contribution in [1.82, 2.24) is 0 Å². The van der Waals surface area contributed by atoms with Gasteiger partial charge in [-0.05, 0) is 38.1 Å². The Kier molecular flexibility index (Phi) is 3.74. The minimum atomic E-state index is -0.821. The third kappa shape index (κ3) is 3.22. The maximum atomic E-state index is 11.0. The Hall–Kier alpha value is -2.02. The van der Waals surface area contributed by atoms with Crippen LogP contribution in [0.15, 0.2) is 24.3 Å². The molecule has 0 heterocycles. The second-order valence-electron chi connectivity index (χ2n) is 4.70. The third-order valence-corrected chi connectivity index (χ3v) is 2.65. The lowest BCUT2D eigenvalue weighted by Crippen LogP contribution is -2.37. The Labute approximate surface area is 101 Å². The summed E-state index contributed by atoms with van der Waals surface area (Å²) in [6, 6.07) is 9.12. The minimum absolute atomic E-state index is 0.411. The van der Waals surface area contributed by atoms with Crippen molar-refractivity contribution in [3.63, 3.8) is 0 Å². The first-order valence-electron chi connectivity index (χ1n) is 5.31. The van der Waals surface area contributed by atoms with Crippen molar-refractivity contribution in [3.8, 4) is 6.07 Å². The first-order valence-corrected chi connectivity index (χ1v) is 5.31. The third-order valence-electron chi connectivity index (χ3n) is 2.65. The van der Waals surface area contributed by atoms with Gasteiger partial charge < -0.3 is 10.0 Å². The molecule has 0 saturated heterocycles. The van der Waals surface area contributed by atoms with Crippen molar-refractivity contribution in [2.45, 2.75) is 13.8 Å². The summed E-state index contributed by atoms with van der Waals surface area (Å²) in [5, 5.41) is 17.7. The molecular formula is C13H16N2O2. The second kappa shape index (κ2) is 4.88. The quantitative estimate of drug-likeness (QED) is 0.863. The molecule has 17 heavy (non-hydrogen) atoms. The number of nitriles is 1. The molecule has 1 rings (SSSR count). The molecule has 4 heteroatoms. The predicted octanol–water partition coefficient (Wildman–Crippen LogP) is 2.11. The Morgan fingerprint density at radius 2 is 1.94 bits per heavy atom. The molecule has 0 aliphatic carbocycles. The van der Waals surface area contributed by atoms with Crippen LogP contribution in [-0.4, -0.2) is 24.7 Å². The molecular weight excluding hydrogens is 216 g/mol. The summed E-state index contributed by atoms with van der Waals surface area (Å²) in [5.74, 6) is -0.821. The maximum absolute atomic E-state index is 11.0. The first kappa shape index (κ1) is 13.0. The fourth-order valence-corrected chi connectivity index (χ4v) is 1.54. The number of carbonyl (C=O) groups is 1. The van der Waals surface area contributed by atoms with E-state index in [9.17, 15) is 4.79 Å². The molecule has 0 aliphatic rings. The van der Waals surface area contributed by atoms with E-state index in [1.165, 1.54) is 0 Å². The molecule has 0 aliphatic heterocycles. The van der Waals surface area contributed by atoms with E-state index in [-0.39, 0.29) is 0 Å². The van der Waals surface area contributed by atoms with E-state index in [0.717, 1.165) is 5.69 Å². The molecule has 0 aromatic heterocycles. The van der Waals surface area contributed by atoms with Gasteiger partial charge in [0.15, 0.2) is 0 Å². The average Bonchev–Trinajstić information content (AvgIpc) is 2.28. The van der Waals surface area contributed by atoms with Crippen LogP contribution in [0.3, 0.4) is 0 Å². The average molecular weight is 232 g/mol. The van der Waals surface area contributed by atoms with Gasteiger partial charge in [-0.15, -0.1) is 0 Å². The van der Waals surface area contributed by atoms with Crippen LogP contribution in [0.1, 0.15) is 19.4 Å². The van der Waals surface area contributed by atoms with Gasteiger partial charge in [-0.2, -0.15) is 5.26 Å². The largest absolute Gasteiger partial charge is 0.481 e. The fraction of sp³-hybridized carbons (Fsp3) is 0.385.